The zero-order chi connectivity index (χ0) is 12.5. The lowest BCUT2D eigenvalue weighted by molar-refractivity contribution is 0.340. The van der Waals surface area contributed by atoms with E-state index in [-0.39, 0.29) is 0 Å². The molecule has 3 heterocycles. The molecule has 2 unspecified atom stereocenters. The van der Waals surface area contributed by atoms with Crippen LogP contribution in [-0.2, 0) is 0 Å². The molecule has 0 saturated carbocycles. The topological polar surface area (TPSA) is 41.9 Å². The number of hydrogen-bond donors (Lipinski definition) is 2. The first-order valence-corrected chi connectivity index (χ1v) is 7.24. The molecule has 2 aliphatic heterocycles. The minimum Gasteiger partial charge on any atom is -0.316 e. The summed E-state index contributed by atoms with van der Waals surface area (Å²) in [6.45, 7) is 8.94. The van der Waals surface area contributed by atoms with E-state index in [2.05, 4.69) is 29.2 Å². The summed E-state index contributed by atoms with van der Waals surface area (Å²) in [4.78, 5) is 0. The van der Waals surface area contributed by atoms with E-state index in [1.54, 1.807) is 0 Å². The van der Waals surface area contributed by atoms with Crippen LogP contribution in [-0.4, -0.2) is 36.0 Å². The molecule has 1 aromatic rings. The molecule has 2 aliphatic rings. The first-order chi connectivity index (χ1) is 8.77. The molecule has 2 saturated heterocycles. The van der Waals surface area contributed by atoms with Gasteiger partial charge in [0.1, 0.15) is 0 Å². The molecule has 2 N–H and O–H groups in total. The predicted molar refractivity (Wildman–Crippen MR) is 73.1 cm³/mol. The van der Waals surface area contributed by atoms with Crippen molar-refractivity contribution in [3.63, 3.8) is 0 Å². The van der Waals surface area contributed by atoms with Crippen molar-refractivity contribution < 1.29 is 0 Å². The Kier molecular flexibility index (Phi) is 3.39. The van der Waals surface area contributed by atoms with Crippen LogP contribution in [0.5, 0.6) is 0 Å². The molecular formula is C14H24N4. The normalized spacial score (nSPS) is 28.8. The number of aromatic nitrogens is 2. The quantitative estimate of drug-likeness (QED) is 0.833. The van der Waals surface area contributed by atoms with Gasteiger partial charge in [0.25, 0.3) is 0 Å². The Labute approximate surface area is 109 Å². The van der Waals surface area contributed by atoms with Gasteiger partial charge in [-0.25, -0.2) is 0 Å². The molecule has 2 atom stereocenters. The Morgan fingerprint density at radius 1 is 1.11 bits per heavy atom. The lowest BCUT2D eigenvalue weighted by Gasteiger charge is -2.24. The highest BCUT2D eigenvalue weighted by molar-refractivity contribution is 5.30. The van der Waals surface area contributed by atoms with Gasteiger partial charge in [-0.1, -0.05) is 0 Å². The molecule has 4 nitrogen and oxygen atoms in total. The Balaban J connectivity index is 1.89. The van der Waals surface area contributed by atoms with Gasteiger partial charge in [0.05, 0.1) is 11.7 Å². The molecule has 0 spiro atoms. The second-order valence-corrected chi connectivity index (χ2v) is 5.72. The van der Waals surface area contributed by atoms with Crippen molar-refractivity contribution in [3.8, 4) is 0 Å². The highest BCUT2D eigenvalue weighted by Crippen LogP contribution is 2.30. The van der Waals surface area contributed by atoms with Crippen molar-refractivity contribution in [2.24, 2.45) is 0 Å². The standard InChI is InChI=1S/C14H24N4/c1-10-14(12-5-7-16-8-12)11(2)18(17-10)13-4-3-6-15-9-13/h12-13,15-16H,3-9H2,1-2H3. The molecular weight excluding hydrogens is 224 g/mol. The van der Waals surface area contributed by atoms with Gasteiger partial charge in [-0.05, 0) is 46.2 Å². The average molecular weight is 248 g/mol. The van der Waals surface area contributed by atoms with Crippen LogP contribution < -0.4 is 10.6 Å². The Morgan fingerprint density at radius 2 is 1.94 bits per heavy atom. The van der Waals surface area contributed by atoms with Gasteiger partial charge in [-0.15, -0.1) is 0 Å². The fourth-order valence-corrected chi connectivity index (χ4v) is 3.57. The summed E-state index contributed by atoms with van der Waals surface area (Å²) in [6.07, 6.45) is 3.79. The summed E-state index contributed by atoms with van der Waals surface area (Å²) in [5.41, 5.74) is 4.15. The van der Waals surface area contributed by atoms with Gasteiger partial charge in [-0.2, -0.15) is 5.10 Å². The first kappa shape index (κ1) is 12.2. The molecule has 4 heteroatoms. The van der Waals surface area contributed by atoms with Crippen LogP contribution >= 0.6 is 0 Å². The molecule has 2 fully saturated rings. The minimum atomic E-state index is 0.556. The number of piperidine rings is 1. The lowest BCUT2D eigenvalue weighted by atomic mass is 9.96. The number of nitrogens with one attached hydrogen (secondary N) is 2. The fourth-order valence-electron chi connectivity index (χ4n) is 3.57. The van der Waals surface area contributed by atoms with E-state index in [0.29, 0.717) is 12.0 Å². The second kappa shape index (κ2) is 5.02. The minimum absolute atomic E-state index is 0.556. The van der Waals surface area contributed by atoms with Crippen molar-refractivity contribution in [1.82, 2.24) is 20.4 Å². The summed E-state index contributed by atoms with van der Waals surface area (Å²) in [5, 5.41) is 11.8. The van der Waals surface area contributed by atoms with Gasteiger partial charge in [0.2, 0.25) is 0 Å². The Bertz CT molecular complexity index is 412. The van der Waals surface area contributed by atoms with Crippen LogP contribution in [0.3, 0.4) is 0 Å². The second-order valence-electron chi connectivity index (χ2n) is 5.72. The van der Waals surface area contributed by atoms with Crippen LogP contribution in [0.4, 0.5) is 0 Å². The average Bonchev–Trinajstić information content (AvgIpc) is 2.99. The third-order valence-electron chi connectivity index (χ3n) is 4.47. The number of hydrogen-bond acceptors (Lipinski definition) is 3. The van der Waals surface area contributed by atoms with E-state index in [0.717, 1.165) is 26.2 Å². The fraction of sp³-hybridized carbons (Fsp3) is 0.786. The highest BCUT2D eigenvalue weighted by atomic mass is 15.3. The van der Waals surface area contributed by atoms with E-state index < -0.39 is 0 Å². The Hall–Kier alpha value is -0.870. The van der Waals surface area contributed by atoms with Gasteiger partial charge in [0.15, 0.2) is 0 Å². The molecule has 0 aromatic carbocycles. The predicted octanol–water partition coefficient (Wildman–Crippen LogP) is 1.50. The molecule has 1 aromatic heterocycles. The van der Waals surface area contributed by atoms with E-state index in [1.165, 1.54) is 36.2 Å². The van der Waals surface area contributed by atoms with Crippen molar-refractivity contribution in [2.45, 2.75) is 45.1 Å². The number of nitrogens with zero attached hydrogens (tertiary/aromatic N) is 2. The van der Waals surface area contributed by atoms with Gasteiger partial charge in [0, 0.05) is 30.3 Å². The van der Waals surface area contributed by atoms with Crippen LogP contribution in [0.2, 0.25) is 0 Å². The van der Waals surface area contributed by atoms with Crippen molar-refractivity contribution in [2.75, 3.05) is 26.2 Å². The largest absolute Gasteiger partial charge is 0.316 e. The number of rotatable bonds is 2. The van der Waals surface area contributed by atoms with Gasteiger partial charge in [-0.3, -0.25) is 4.68 Å². The van der Waals surface area contributed by atoms with Gasteiger partial charge < -0.3 is 10.6 Å². The van der Waals surface area contributed by atoms with E-state index >= 15 is 0 Å². The third-order valence-corrected chi connectivity index (χ3v) is 4.47. The summed E-state index contributed by atoms with van der Waals surface area (Å²) in [6, 6.07) is 0.556. The van der Waals surface area contributed by atoms with Crippen LogP contribution in [0.15, 0.2) is 0 Å². The smallest absolute Gasteiger partial charge is 0.0647 e. The zero-order valence-electron chi connectivity index (χ0n) is 11.5. The van der Waals surface area contributed by atoms with Crippen LogP contribution in [0.1, 0.15) is 48.2 Å². The van der Waals surface area contributed by atoms with Crippen molar-refractivity contribution in [1.29, 1.82) is 0 Å². The van der Waals surface area contributed by atoms with E-state index in [4.69, 9.17) is 5.10 Å². The monoisotopic (exact) mass is 248 g/mol. The molecule has 100 valence electrons. The summed E-state index contributed by atoms with van der Waals surface area (Å²) < 4.78 is 2.29. The molecule has 18 heavy (non-hydrogen) atoms. The summed E-state index contributed by atoms with van der Waals surface area (Å²) in [7, 11) is 0. The van der Waals surface area contributed by atoms with Crippen LogP contribution in [0.25, 0.3) is 0 Å². The lowest BCUT2D eigenvalue weighted by Crippen LogP contribution is -2.32. The van der Waals surface area contributed by atoms with E-state index in [1.807, 2.05) is 0 Å². The van der Waals surface area contributed by atoms with Crippen LogP contribution in [0, 0.1) is 13.8 Å². The first-order valence-electron chi connectivity index (χ1n) is 7.24. The maximum atomic E-state index is 4.83. The maximum Gasteiger partial charge on any atom is 0.0647 e. The molecule has 0 radical (unpaired) electrons. The summed E-state index contributed by atoms with van der Waals surface area (Å²) in [5.74, 6) is 0.676. The maximum absolute atomic E-state index is 4.83. The van der Waals surface area contributed by atoms with E-state index in [9.17, 15) is 0 Å². The Morgan fingerprint density at radius 3 is 2.61 bits per heavy atom. The van der Waals surface area contributed by atoms with Gasteiger partial charge >= 0.3 is 0 Å². The van der Waals surface area contributed by atoms with Crippen molar-refractivity contribution >= 4 is 0 Å². The highest BCUT2D eigenvalue weighted by Gasteiger charge is 2.26. The molecule has 0 bridgehead atoms. The zero-order valence-corrected chi connectivity index (χ0v) is 11.5. The SMILES string of the molecule is Cc1nn(C2CCCNC2)c(C)c1C1CCNC1. The number of aryl methyl sites for hydroxylation is 1. The molecule has 3 rings (SSSR count). The molecule has 0 aliphatic carbocycles. The third kappa shape index (κ3) is 2.08. The molecule has 0 amide bonds. The summed E-state index contributed by atoms with van der Waals surface area (Å²) >= 11 is 0. The van der Waals surface area contributed by atoms with Crippen molar-refractivity contribution in [3.05, 3.63) is 17.0 Å².